The molecule has 0 radical (unpaired) electrons. The fourth-order valence-electron chi connectivity index (χ4n) is 2.72. The molecule has 0 aliphatic heterocycles. The molecule has 2 aromatic carbocycles. The topological polar surface area (TPSA) is 38.0 Å². The molecule has 2 nitrogen and oxygen atoms in total. The Bertz CT molecular complexity index is 582. The quantitative estimate of drug-likeness (QED) is 0.656. The average Bonchev–Trinajstić information content (AvgIpc) is 2.38. The van der Waals surface area contributed by atoms with Crippen LogP contribution in [-0.2, 0) is 6.42 Å². The molecule has 1 unspecified atom stereocenters. The van der Waals surface area contributed by atoms with Gasteiger partial charge < -0.3 is 0 Å². The van der Waals surface area contributed by atoms with E-state index in [0.29, 0.717) is 0 Å². The second-order valence-corrected chi connectivity index (χ2v) is 5.77. The molecular formula is C18H24N2. The Labute approximate surface area is 122 Å². The van der Waals surface area contributed by atoms with E-state index in [4.69, 9.17) is 5.84 Å². The van der Waals surface area contributed by atoms with Crippen LogP contribution >= 0.6 is 0 Å². The van der Waals surface area contributed by atoms with Gasteiger partial charge in [0.25, 0.3) is 0 Å². The maximum atomic E-state index is 5.79. The molecule has 0 spiro atoms. The van der Waals surface area contributed by atoms with E-state index in [9.17, 15) is 0 Å². The van der Waals surface area contributed by atoms with Crippen molar-refractivity contribution in [1.82, 2.24) is 5.43 Å². The van der Waals surface area contributed by atoms with Gasteiger partial charge in [0.1, 0.15) is 0 Å². The smallest absolute Gasteiger partial charge is 0.0500 e. The summed E-state index contributed by atoms with van der Waals surface area (Å²) in [5.74, 6) is 5.79. The molecule has 0 saturated carbocycles. The molecule has 0 bridgehead atoms. The highest BCUT2D eigenvalue weighted by Crippen LogP contribution is 2.22. The van der Waals surface area contributed by atoms with Gasteiger partial charge in [0.15, 0.2) is 0 Å². The molecule has 0 aliphatic carbocycles. The van der Waals surface area contributed by atoms with Gasteiger partial charge in [0.05, 0.1) is 6.04 Å². The van der Waals surface area contributed by atoms with Crippen molar-refractivity contribution in [3.63, 3.8) is 0 Å². The monoisotopic (exact) mass is 268 g/mol. The Morgan fingerprint density at radius 3 is 2.15 bits per heavy atom. The van der Waals surface area contributed by atoms with Crippen LogP contribution in [0.25, 0.3) is 0 Å². The third kappa shape index (κ3) is 3.47. The lowest BCUT2D eigenvalue weighted by Gasteiger charge is -2.19. The second-order valence-electron chi connectivity index (χ2n) is 5.77. The van der Waals surface area contributed by atoms with E-state index in [0.717, 1.165) is 6.42 Å². The van der Waals surface area contributed by atoms with Crippen molar-refractivity contribution in [3.8, 4) is 0 Å². The predicted molar refractivity (Wildman–Crippen MR) is 85.6 cm³/mol. The van der Waals surface area contributed by atoms with E-state index in [1.807, 2.05) is 0 Å². The Kier molecular flexibility index (Phi) is 4.58. The van der Waals surface area contributed by atoms with Gasteiger partial charge in [0, 0.05) is 0 Å². The highest BCUT2D eigenvalue weighted by atomic mass is 15.2. The number of aryl methyl sites for hydroxylation is 4. The minimum Gasteiger partial charge on any atom is -0.271 e. The zero-order valence-electron chi connectivity index (χ0n) is 12.8. The molecule has 2 aromatic rings. The van der Waals surface area contributed by atoms with Gasteiger partial charge in [0.2, 0.25) is 0 Å². The molecule has 0 fully saturated rings. The summed E-state index contributed by atoms with van der Waals surface area (Å²) in [6.45, 7) is 8.54. The molecule has 1 atom stereocenters. The SMILES string of the molecule is Cc1cc(C)cc(C(Cc2cc(C)ccc2C)NN)c1. The Hall–Kier alpha value is -1.64. The van der Waals surface area contributed by atoms with E-state index >= 15 is 0 Å². The van der Waals surface area contributed by atoms with Gasteiger partial charge in [-0.2, -0.15) is 0 Å². The summed E-state index contributed by atoms with van der Waals surface area (Å²) in [6.07, 6.45) is 0.910. The van der Waals surface area contributed by atoms with Crippen LogP contribution in [0.4, 0.5) is 0 Å². The van der Waals surface area contributed by atoms with E-state index < -0.39 is 0 Å². The highest BCUT2D eigenvalue weighted by molar-refractivity contribution is 5.35. The van der Waals surface area contributed by atoms with E-state index in [-0.39, 0.29) is 6.04 Å². The molecule has 3 N–H and O–H groups in total. The first-order valence-electron chi connectivity index (χ1n) is 7.10. The fraction of sp³-hybridized carbons (Fsp3) is 0.333. The average molecular weight is 268 g/mol. The third-order valence-corrected chi connectivity index (χ3v) is 3.78. The number of nitrogens with two attached hydrogens (primary N) is 1. The lowest BCUT2D eigenvalue weighted by atomic mass is 9.93. The number of hydrazine groups is 1. The van der Waals surface area contributed by atoms with Crippen LogP contribution < -0.4 is 11.3 Å². The van der Waals surface area contributed by atoms with Crippen LogP contribution in [-0.4, -0.2) is 0 Å². The molecule has 0 aromatic heterocycles. The zero-order valence-corrected chi connectivity index (χ0v) is 12.8. The number of benzene rings is 2. The van der Waals surface area contributed by atoms with Gasteiger partial charge in [-0.15, -0.1) is 0 Å². The van der Waals surface area contributed by atoms with E-state index in [1.54, 1.807) is 0 Å². The first-order chi connectivity index (χ1) is 9.49. The zero-order chi connectivity index (χ0) is 14.7. The number of hydrogen-bond donors (Lipinski definition) is 2. The maximum absolute atomic E-state index is 5.79. The molecule has 0 saturated heterocycles. The van der Waals surface area contributed by atoms with Crippen molar-refractivity contribution in [2.75, 3.05) is 0 Å². The van der Waals surface area contributed by atoms with Crippen LogP contribution in [0.1, 0.15) is 39.4 Å². The molecule has 106 valence electrons. The molecule has 0 amide bonds. The van der Waals surface area contributed by atoms with E-state index in [1.165, 1.54) is 33.4 Å². The van der Waals surface area contributed by atoms with Gasteiger partial charge in [-0.1, -0.05) is 53.1 Å². The molecule has 0 heterocycles. The van der Waals surface area contributed by atoms with Crippen molar-refractivity contribution in [1.29, 1.82) is 0 Å². The normalized spacial score (nSPS) is 12.4. The fourth-order valence-corrected chi connectivity index (χ4v) is 2.72. The predicted octanol–water partition coefficient (Wildman–Crippen LogP) is 3.67. The lowest BCUT2D eigenvalue weighted by molar-refractivity contribution is 0.550. The Balaban J connectivity index is 2.30. The van der Waals surface area contributed by atoms with Crippen LogP contribution in [0.3, 0.4) is 0 Å². The highest BCUT2D eigenvalue weighted by Gasteiger charge is 2.13. The summed E-state index contributed by atoms with van der Waals surface area (Å²) < 4.78 is 0. The van der Waals surface area contributed by atoms with Gasteiger partial charge >= 0.3 is 0 Å². The van der Waals surface area contributed by atoms with Crippen molar-refractivity contribution < 1.29 is 0 Å². The number of nitrogens with one attached hydrogen (secondary N) is 1. The number of hydrogen-bond acceptors (Lipinski definition) is 2. The maximum Gasteiger partial charge on any atom is 0.0500 e. The van der Waals surface area contributed by atoms with Crippen molar-refractivity contribution >= 4 is 0 Å². The van der Waals surface area contributed by atoms with Crippen LogP contribution in [0.5, 0.6) is 0 Å². The van der Waals surface area contributed by atoms with Crippen LogP contribution in [0.15, 0.2) is 36.4 Å². The summed E-state index contributed by atoms with van der Waals surface area (Å²) in [6, 6.07) is 13.3. The first kappa shape index (κ1) is 14.8. The summed E-state index contributed by atoms with van der Waals surface area (Å²) in [7, 11) is 0. The minimum atomic E-state index is 0.147. The van der Waals surface area contributed by atoms with Crippen LogP contribution in [0, 0.1) is 27.7 Å². The lowest BCUT2D eigenvalue weighted by Crippen LogP contribution is -2.30. The minimum absolute atomic E-state index is 0.147. The van der Waals surface area contributed by atoms with Gasteiger partial charge in [-0.05, 0) is 50.8 Å². The molecule has 2 heteroatoms. The van der Waals surface area contributed by atoms with Crippen molar-refractivity contribution in [3.05, 3.63) is 69.8 Å². The Morgan fingerprint density at radius 2 is 1.55 bits per heavy atom. The number of rotatable bonds is 4. The molecule has 20 heavy (non-hydrogen) atoms. The van der Waals surface area contributed by atoms with Gasteiger partial charge in [-0.3, -0.25) is 11.3 Å². The van der Waals surface area contributed by atoms with Crippen molar-refractivity contribution in [2.24, 2.45) is 5.84 Å². The first-order valence-corrected chi connectivity index (χ1v) is 7.10. The van der Waals surface area contributed by atoms with Gasteiger partial charge in [-0.25, -0.2) is 0 Å². The molecule has 0 aliphatic rings. The second kappa shape index (κ2) is 6.21. The van der Waals surface area contributed by atoms with Crippen molar-refractivity contribution in [2.45, 2.75) is 40.2 Å². The Morgan fingerprint density at radius 1 is 0.900 bits per heavy atom. The molecule has 2 rings (SSSR count). The summed E-state index contributed by atoms with van der Waals surface area (Å²) in [5, 5.41) is 0. The summed E-state index contributed by atoms with van der Waals surface area (Å²) in [5.41, 5.74) is 10.7. The third-order valence-electron chi connectivity index (χ3n) is 3.78. The van der Waals surface area contributed by atoms with E-state index in [2.05, 4.69) is 69.5 Å². The summed E-state index contributed by atoms with van der Waals surface area (Å²) >= 11 is 0. The molecular weight excluding hydrogens is 244 g/mol. The summed E-state index contributed by atoms with van der Waals surface area (Å²) in [4.78, 5) is 0. The standard InChI is InChI=1S/C18H24N2/c1-12-5-6-15(4)16(8-12)11-18(20-19)17-9-13(2)7-14(3)10-17/h5-10,18,20H,11,19H2,1-4H3. The largest absolute Gasteiger partial charge is 0.271 e. The van der Waals surface area contributed by atoms with Crippen LogP contribution in [0.2, 0.25) is 0 Å².